The molecule has 0 bridgehead atoms. The molecule has 0 aliphatic carbocycles. The van der Waals surface area contributed by atoms with Crippen molar-refractivity contribution in [2.75, 3.05) is 20.6 Å². The maximum atomic E-state index is 2.39. The summed E-state index contributed by atoms with van der Waals surface area (Å²) < 4.78 is 1.27. The van der Waals surface area contributed by atoms with Gasteiger partial charge in [-0.15, -0.1) is 0 Å². The van der Waals surface area contributed by atoms with Crippen molar-refractivity contribution in [3.63, 3.8) is 0 Å². The van der Waals surface area contributed by atoms with Gasteiger partial charge in [-0.3, -0.25) is 0 Å². The fourth-order valence-corrected chi connectivity index (χ4v) is 2.26. The summed E-state index contributed by atoms with van der Waals surface area (Å²) in [6.07, 6.45) is 7.14. The predicted octanol–water partition coefficient (Wildman–Crippen LogP) is 2.42. The molecule has 1 nitrogen and oxygen atoms in total. The number of quaternary nitrogens is 1. The quantitative estimate of drug-likeness (QED) is 0.539. The fourth-order valence-electron chi connectivity index (χ4n) is 2.26. The molecule has 0 aromatic carbocycles. The molecule has 1 fully saturated rings. The van der Waals surface area contributed by atoms with E-state index in [1.807, 2.05) is 0 Å². The van der Waals surface area contributed by atoms with Gasteiger partial charge in [0.1, 0.15) is 0 Å². The van der Waals surface area contributed by atoms with Gasteiger partial charge < -0.3 is 4.48 Å². The molecule has 0 N–H and O–H groups in total. The zero-order chi connectivity index (χ0) is 8.32. The van der Waals surface area contributed by atoms with Gasteiger partial charge in [0.2, 0.25) is 0 Å². The van der Waals surface area contributed by atoms with Crippen LogP contribution in [-0.4, -0.2) is 31.2 Å². The average molecular weight is 156 g/mol. The van der Waals surface area contributed by atoms with Gasteiger partial charge in [-0.05, 0) is 25.7 Å². The summed E-state index contributed by atoms with van der Waals surface area (Å²) in [7, 11) is 4.78. The second-order valence-corrected chi connectivity index (χ2v) is 4.44. The van der Waals surface area contributed by atoms with Gasteiger partial charge in [0.15, 0.2) is 0 Å². The first-order valence-corrected chi connectivity index (χ1v) is 4.99. The highest BCUT2D eigenvalue weighted by atomic mass is 15.3. The highest BCUT2D eigenvalue weighted by molar-refractivity contribution is 4.63. The van der Waals surface area contributed by atoms with Crippen molar-refractivity contribution in [1.29, 1.82) is 0 Å². The first-order chi connectivity index (χ1) is 5.17. The monoisotopic (exact) mass is 156 g/mol. The SMILES string of the molecule is CCC[C@H]1CCCC[N+]1(C)C. The molecule has 1 saturated heterocycles. The Kier molecular flexibility index (Phi) is 2.94. The summed E-state index contributed by atoms with van der Waals surface area (Å²) in [5.41, 5.74) is 0. The highest BCUT2D eigenvalue weighted by Gasteiger charge is 2.29. The standard InChI is InChI=1S/C10H22N/c1-4-7-10-8-5-6-9-11(10,2)3/h10H,4-9H2,1-3H3/q+1/t10-/m0/s1. The van der Waals surface area contributed by atoms with E-state index in [4.69, 9.17) is 0 Å². The summed E-state index contributed by atoms with van der Waals surface area (Å²) in [6.45, 7) is 3.69. The van der Waals surface area contributed by atoms with E-state index in [2.05, 4.69) is 21.0 Å². The first-order valence-electron chi connectivity index (χ1n) is 4.99. The van der Waals surface area contributed by atoms with Crippen molar-refractivity contribution >= 4 is 0 Å². The lowest BCUT2D eigenvalue weighted by molar-refractivity contribution is -0.920. The van der Waals surface area contributed by atoms with Gasteiger partial charge >= 0.3 is 0 Å². The van der Waals surface area contributed by atoms with Crippen LogP contribution in [-0.2, 0) is 0 Å². The molecule has 1 rings (SSSR count). The highest BCUT2D eigenvalue weighted by Crippen LogP contribution is 2.24. The Morgan fingerprint density at radius 3 is 2.55 bits per heavy atom. The molecule has 1 heteroatoms. The van der Waals surface area contributed by atoms with E-state index < -0.39 is 0 Å². The van der Waals surface area contributed by atoms with Crippen molar-refractivity contribution in [2.45, 2.75) is 45.1 Å². The Labute approximate surface area is 71.0 Å². The smallest absolute Gasteiger partial charge is 0.0886 e. The zero-order valence-electron chi connectivity index (χ0n) is 8.27. The summed E-state index contributed by atoms with van der Waals surface area (Å²) >= 11 is 0. The van der Waals surface area contributed by atoms with Crippen LogP contribution < -0.4 is 0 Å². The van der Waals surface area contributed by atoms with Crippen LogP contribution in [0.1, 0.15) is 39.0 Å². The molecule has 0 aromatic heterocycles. The molecule has 1 aliphatic rings. The van der Waals surface area contributed by atoms with Crippen LogP contribution in [0.2, 0.25) is 0 Å². The Morgan fingerprint density at radius 1 is 1.27 bits per heavy atom. The lowest BCUT2D eigenvalue weighted by atomic mass is 9.96. The fraction of sp³-hybridized carbons (Fsp3) is 1.00. The predicted molar refractivity (Wildman–Crippen MR) is 49.5 cm³/mol. The van der Waals surface area contributed by atoms with Gasteiger partial charge in [-0.1, -0.05) is 13.3 Å². The van der Waals surface area contributed by atoms with E-state index in [1.54, 1.807) is 0 Å². The van der Waals surface area contributed by atoms with Crippen molar-refractivity contribution < 1.29 is 4.48 Å². The van der Waals surface area contributed by atoms with E-state index in [9.17, 15) is 0 Å². The van der Waals surface area contributed by atoms with E-state index in [1.165, 1.54) is 43.1 Å². The Balaban J connectivity index is 2.45. The maximum Gasteiger partial charge on any atom is 0.0886 e. The Hall–Kier alpha value is -0.0400. The van der Waals surface area contributed by atoms with Crippen LogP contribution >= 0.6 is 0 Å². The minimum absolute atomic E-state index is 0.953. The average Bonchev–Trinajstić information content (AvgIpc) is 1.94. The number of piperidine rings is 1. The van der Waals surface area contributed by atoms with Crippen LogP contribution in [0.4, 0.5) is 0 Å². The molecule has 0 saturated carbocycles. The van der Waals surface area contributed by atoms with Crippen LogP contribution in [0, 0.1) is 0 Å². The number of hydrogen-bond acceptors (Lipinski definition) is 0. The second kappa shape index (κ2) is 3.57. The largest absolute Gasteiger partial charge is 0.326 e. The molecule has 0 aromatic rings. The van der Waals surface area contributed by atoms with Crippen LogP contribution in [0.5, 0.6) is 0 Å². The molecule has 0 spiro atoms. The third-order valence-electron chi connectivity index (χ3n) is 3.13. The van der Waals surface area contributed by atoms with Crippen molar-refractivity contribution in [3.05, 3.63) is 0 Å². The van der Waals surface area contributed by atoms with Crippen molar-refractivity contribution in [3.8, 4) is 0 Å². The minimum atomic E-state index is 0.953. The first kappa shape index (κ1) is 9.05. The van der Waals surface area contributed by atoms with E-state index in [0.717, 1.165) is 6.04 Å². The van der Waals surface area contributed by atoms with Crippen LogP contribution in [0.15, 0.2) is 0 Å². The van der Waals surface area contributed by atoms with Gasteiger partial charge in [0.05, 0.1) is 26.7 Å². The van der Waals surface area contributed by atoms with E-state index >= 15 is 0 Å². The lowest BCUT2D eigenvalue weighted by Gasteiger charge is -2.41. The number of likely N-dealkylation sites (tertiary alicyclic amines) is 1. The van der Waals surface area contributed by atoms with E-state index in [0.29, 0.717) is 0 Å². The minimum Gasteiger partial charge on any atom is -0.326 e. The number of hydrogen-bond donors (Lipinski definition) is 0. The van der Waals surface area contributed by atoms with Gasteiger partial charge in [-0.25, -0.2) is 0 Å². The molecule has 1 atom stereocenters. The Bertz CT molecular complexity index is 116. The molecule has 66 valence electrons. The second-order valence-electron chi connectivity index (χ2n) is 4.44. The lowest BCUT2D eigenvalue weighted by Crippen LogP contribution is -2.51. The van der Waals surface area contributed by atoms with Crippen LogP contribution in [0.3, 0.4) is 0 Å². The normalized spacial score (nSPS) is 30.3. The van der Waals surface area contributed by atoms with Gasteiger partial charge in [0, 0.05) is 0 Å². The molecule has 11 heavy (non-hydrogen) atoms. The zero-order valence-corrected chi connectivity index (χ0v) is 8.27. The van der Waals surface area contributed by atoms with Crippen molar-refractivity contribution in [2.24, 2.45) is 0 Å². The molecule has 0 amide bonds. The molecular weight excluding hydrogens is 134 g/mol. The molecule has 1 aliphatic heterocycles. The van der Waals surface area contributed by atoms with Crippen LogP contribution in [0.25, 0.3) is 0 Å². The number of rotatable bonds is 2. The molecule has 0 unspecified atom stereocenters. The molecule has 0 radical (unpaired) electrons. The van der Waals surface area contributed by atoms with Gasteiger partial charge in [0.25, 0.3) is 0 Å². The maximum absolute atomic E-state index is 2.39. The topological polar surface area (TPSA) is 0 Å². The summed E-state index contributed by atoms with van der Waals surface area (Å²) in [5, 5.41) is 0. The Morgan fingerprint density at radius 2 is 2.00 bits per heavy atom. The molecule has 1 heterocycles. The summed E-state index contributed by atoms with van der Waals surface area (Å²) in [5.74, 6) is 0. The third-order valence-corrected chi connectivity index (χ3v) is 3.13. The number of nitrogens with zero attached hydrogens (tertiary/aromatic N) is 1. The van der Waals surface area contributed by atoms with E-state index in [-0.39, 0.29) is 0 Å². The third kappa shape index (κ3) is 2.19. The molecular formula is C10H22N+. The van der Waals surface area contributed by atoms with Gasteiger partial charge in [-0.2, -0.15) is 0 Å². The summed E-state index contributed by atoms with van der Waals surface area (Å²) in [6, 6.07) is 0.953. The van der Waals surface area contributed by atoms with Crippen molar-refractivity contribution in [1.82, 2.24) is 0 Å². The summed E-state index contributed by atoms with van der Waals surface area (Å²) in [4.78, 5) is 0.